The van der Waals surface area contributed by atoms with Gasteiger partial charge >= 0.3 is 0 Å². The van der Waals surface area contributed by atoms with Gasteiger partial charge in [0.25, 0.3) is 0 Å². The molecule has 0 radical (unpaired) electrons. The summed E-state index contributed by atoms with van der Waals surface area (Å²) in [5, 5.41) is 1.14. The van der Waals surface area contributed by atoms with E-state index in [1.165, 1.54) is 5.56 Å². The zero-order chi connectivity index (χ0) is 10.2. The molecule has 3 heteroatoms. The Bertz CT molecular complexity index is 437. The zero-order valence-corrected chi connectivity index (χ0v) is 8.83. The largest absolute Gasteiger partial charge is 0.346 e. The molecular weight excluding hydrogens is 174 g/mol. The van der Waals surface area contributed by atoms with Crippen LogP contribution in [0.1, 0.15) is 26.3 Å². The van der Waals surface area contributed by atoms with Crippen LogP contribution in [0, 0.1) is 5.41 Å². The van der Waals surface area contributed by atoms with Crippen LogP contribution in [0.5, 0.6) is 0 Å². The van der Waals surface area contributed by atoms with E-state index in [1.807, 2.05) is 12.4 Å². The molecule has 0 unspecified atom stereocenters. The molecule has 2 rings (SSSR count). The normalized spacial score (nSPS) is 12.2. The highest BCUT2D eigenvalue weighted by atomic mass is 14.9. The highest BCUT2D eigenvalue weighted by molar-refractivity contribution is 5.78. The lowest BCUT2D eigenvalue weighted by Crippen LogP contribution is -2.08. The van der Waals surface area contributed by atoms with E-state index in [2.05, 4.69) is 35.7 Å². The smallest absolute Gasteiger partial charge is 0.140 e. The molecule has 3 nitrogen and oxygen atoms in total. The van der Waals surface area contributed by atoms with Crippen LogP contribution < -0.4 is 0 Å². The highest BCUT2D eigenvalue weighted by Crippen LogP contribution is 2.24. The van der Waals surface area contributed by atoms with Gasteiger partial charge in [0.1, 0.15) is 12.0 Å². The van der Waals surface area contributed by atoms with Gasteiger partial charge in [0.05, 0.1) is 0 Å². The number of hydrogen-bond acceptors (Lipinski definition) is 2. The van der Waals surface area contributed by atoms with E-state index in [9.17, 15) is 0 Å². The predicted molar refractivity (Wildman–Crippen MR) is 57.0 cm³/mol. The van der Waals surface area contributed by atoms with Crippen LogP contribution in [-0.2, 0) is 6.42 Å². The average molecular weight is 189 g/mol. The summed E-state index contributed by atoms with van der Waals surface area (Å²) >= 11 is 0. The third kappa shape index (κ3) is 1.76. The number of aromatic nitrogens is 3. The van der Waals surface area contributed by atoms with Crippen molar-refractivity contribution in [1.29, 1.82) is 0 Å². The molecular formula is C11H15N3. The molecule has 1 N–H and O–H groups in total. The first kappa shape index (κ1) is 9.19. The minimum Gasteiger partial charge on any atom is -0.346 e. The first-order valence-corrected chi connectivity index (χ1v) is 4.82. The van der Waals surface area contributed by atoms with Gasteiger partial charge < -0.3 is 4.98 Å². The maximum absolute atomic E-state index is 4.17. The van der Waals surface area contributed by atoms with Crippen LogP contribution in [-0.4, -0.2) is 15.0 Å². The van der Waals surface area contributed by atoms with Crippen molar-refractivity contribution < 1.29 is 0 Å². The summed E-state index contributed by atoms with van der Waals surface area (Å²) in [7, 11) is 0. The first-order chi connectivity index (χ1) is 6.56. The molecule has 0 saturated heterocycles. The number of aromatic amines is 1. The maximum Gasteiger partial charge on any atom is 0.140 e. The summed E-state index contributed by atoms with van der Waals surface area (Å²) in [5.74, 6) is 0. The minimum atomic E-state index is 0.297. The van der Waals surface area contributed by atoms with Gasteiger partial charge in [-0.25, -0.2) is 9.97 Å². The molecule has 14 heavy (non-hydrogen) atoms. The van der Waals surface area contributed by atoms with Crippen molar-refractivity contribution in [3.63, 3.8) is 0 Å². The Morgan fingerprint density at radius 1 is 1.36 bits per heavy atom. The van der Waals surface area contributed by atoms with Crippen LogP contribution in [0.4, 0.5) is 0 Å². The van der Waals surface area contributed by atoms with E-state index in [0.717, 1.165) is 17.5 Å². The summed E-state index contributed by atoms with van der Waals surface area (Å²) in [4.78, 5) is 11.4. The molecule has 74 valence electrons. The fraction of sp³-hybridized carbons (Fsp3) is 0.455. The molecule has 0 spiro atoms. The van der Waals surface area contributed by atoms with E-state index < -0.39 is 0 Å². The second-order valence-electron chi connectivity index (χ2n) is 4.84. The summed E-state index contributed by atoms with van der Waals surface area (Å²) < 4.78 is 0. The van der Waals surface area contributed by atoms with E-state index in [0.29, 0.717) is 5.41 Å². The number of H-pyrrole nitrogens is 1. The minimum absolute atomic E-state index is 0.297. The fourth-order valence-corrected chi connectivity index (χ4v) is 1.63. The Hall–Kier alpha value is -1.38. The molecule has 0 bridgehead atoms. The van der Waals surface area contributed by atoms with Gasteiger partial charge in [-0.2, -0.15) is 0 Å². The van der Waals surface area contributed by atoms with Crippen molar-refractivity contribution in [2.45, 2.75) is 27.2 Å². The lowest BCUT2D eigenvalue weighted by molar-refractivity contribution is 0.412. The molecule has 0 atom stereocenters. The lowest BCUT2D eigenvalue weighted by Gasteiger charge is -2.16. The third-order valence-electron chi connectivity index (χ3n) is 2.16. The van der Waals surface area contributed by atoms with Crippen LogP contribution >= 0.6 is 0 Å². The number of nitrogens with zero attached hydrogens (tertiary/aromatic N) is 2. The lowest BCUT2D eigenvalue weighted by atomic mass is 9.88. The van der Waals surface area contributed by atoms with Crippen LogP contribution in [0.2, 0.25) is 0 Å². The number of hydrogen-bond donors (Lipinski definition) is 1. The molecule has 0 amide bonds. The first-order valence-electron chi connectivity index (χ1n) is 4.82. The molecule has 2 aromatic rings. The summed E-state index contributed by atoms with van der Waals surface area (Å²) in [6, 6.07) is 0. The van der Waals surface area contributed by atoms with Gasteiger partial charge in [-0.3, -0.25) is 0 Å². The van der Waals surface area contributed by atoms with Crippen LogP contribution in [0.15, 0.2) is 18.7 Å². The Morgan fingerprint density at radius 3 is 2.86 bits per heavy atom. The van der Waals surface area contributed by atoms with E-state index in [1.54, 1.807) is 6.33 Å². The van der Waals surface area contributed by atoms with Crippen molar-refractivity contribution in [2.75, 3.05) is 0 Å². The molecule has 2 heterocycles. The Balaban J connectivity index is 2.44. The van der Waals surface area contributed by atoms with Gasteiger partial charge in [0, 0.05) is 17.8 Å². The Labute approximate surface area is 83.6 Å². The summed E-state index contributed by atoms with van der Waals surface area (Å²) in [6.45, 7) is 6.70. The molecule has 0 aliphatic rings. The third-order valence-corrected chi connectivity index (χ3v) is 2.16. The Kier molecular flexibility index (Phi) is 2.02. The summed E-state index contributed by atoms with van der Waals surface area (Å²) in [6.07, 6.45) is 6.52. The van der Waals surface area contributed by atoms with Crippen molar-refractivity contribution in [1.82, 2.24) is 15.0 Å². The van der Waals surface area contributed by atoms with Gasteiger partial charge in [0.2, 0.25) is 0 Å². The summed E-state index contributed by atoms with van der Waals surface area (Å²) in [5.41, 5.74) is 2.53. The fourth-order valence-electron chi connectivity index (χ4n) is 1.63. The van der Waals surface area contributed by atoms with E-state index in [-0.39, 0.29) is 0 Å². The van der Waals surface area contributed by atoms with Crippen molar-refractivity contribution in [3.05, 3.63) is 24.3 Å². The second-order valence-corrected chi connectivity index (χ2v) is 4.84. The average Bonchev–Trinajstić information content (AvgIpc) is 2.47. The van der Waals surface area contributed by atoms with Crippen molar-refractivity contribution in [2.24, 2.45) is 5.41 Å². The Morgan fingerprint density at radius 2 is 2.14 bits per heavy atom. The molecule has 0 aliphatic heterocycles. The van der Waals surface area contributed by atoms with Gasteiger partial charge in [0.15, 0.2) is 0 Å². The molecule has 2 aromatic heterocycles. The molecule has 0 aromatic carbocycles. The quantitative estimate of drug-likeness (QED) is 0.749. The number of nitrogens with one attached hydrogen (secondary N) is 1. The van der Waals surface area contributed by atoms with Crippen LogP contribution in [0.3, 0.4) is 0 Å². The standard InChI is InChI=1S/C11H15N3/c1-11(2,3)4-8-5-13-10-9(8)6-12-7-14-10/h5-7H,4H2,1-3H3,(H,12,13,14). The van der Waals surface area contributed by atoms with Gasteiger partial charge in [-0.05, 0) is 17.4 Å². The molecule has 0 saturated carbocycles. The number of rotatable bonds is 1. The van der Waals surface area contributed by atoms with Gasteiger partial charge in [-0.1, -0.05) is 20.8 Å². The highest BCUT2D eigenvalue weighted by Gasteiger charge is 2.14. The van der Waals surface area contributed by atoms with E-state index >= 15 is 0 Å². The topological polar surface area (TPSA) is 41.6 Å². The molecule has 0 fully saturated rings. The second kappa shape index (κ2) is 3.08. The van der Waals surface area contributed by atoms with Crippen molar-refractivity contribution in [3.8, 4) is 0 Å². The van der Waals surface area contributed by atoms with Crippen molar-refractivity contribution >= 4 is 11.0 Å². The predicted octanol–water partition coefficient (Wildman–Crippen LogP) is 2.55. The SMILES string of the molecule is CC(C)(C)Cc1c[nH]c2ncncc12. The van der Waals surface area contributed by atoms with Crippen LogP contribution in [0.25, 0.3) is 11.0 Å². The molecule has 0 aliphatic carbocycles. The zero-order valence-electron chi connectivity index (χ0n) is 8.83. The van der Waals surface area contributed by atoms with Gasteiger partial charge in [-0.15, -0.1) is 0 Å². The van der Waals surface area contributed by atoms with E-state index in [4.69, 9.17) is 0 Å². The maximum atomic E-state index is 4.17. The number of fused-ring (bicyclic) bond motifs is 1. The monoisotopic (exact) mass is 189 g/mol.